The molecule has 1 amide bonds. The monoisotopic (exact) mass is 251 g/mol. The Morgan fingerprint density at radius 1 is 1.72 bits per heavy atom. The van der Waals surface area contributed by atoms with Gasteiger partial charge in [-0.25, -0.2) is 0 Å². The Labute approximate surface area is 107 Å². The average molecular weight is 251 g/mol. The quantitative estimate of drug-likeness (QED) is 0.882. The second-order valence-electron chi connectivity index (χ2n) is 5.07. The number of hydrogen-bond acceptors (Lipinski definition) is 4. The molecule has 5 heteroatoms. The average Bonchev–Trinajstić information content (AvgIpc) is 3.05. The first-order valence-corrected chi connectivity index (χ1v) is 6.61. The van der Waals surface area contributed by atoms with E-state index < -0.39 is 0 Å². The van der Waals surface area contributed by atoms with Crippen molar-refractivity contribution < 1.29 is 9.32 Å². The minimum absolute atomic E-state index is 0.0620. The van der Waals surface area contributed by atoms with Gasteiger partial charge in [-0.05, 0) is 25.3 Å². The molecule has 2 N–H and O–H groups in total. The number of amides is 1. The third kappa shape index (κ3) is 2.56. The molecule has 0 aliphatic carbocycles. The highest BCUT2D eigenvalue weighted by molar-refractivity contribution is 5.91. The lowest BCUT2D eigenvalue weighted by Crippen LogP contribution is -2.29. The number of rotatable bonds is 4. The smallest absolute Gasteiger partial charge is 0.292 e. The molecule has 2 heterocycles. The van der Waals surface area contributed by atoms with E-state index in [1.165, 1.54) is 0 Å². The van der Waals surface area contributed by atoms with Gasteiger partial charge >= 0.3 is 0 Å². The molecule has 2 rings (SSSR count). The van der Waals surface area contributed by atoms with Crippen LogP contribution >= 0.6 is 0 Å². The summed E-state index contributed by atoms with van der Waals surface area (Å²) in [5.74, 6) is 1.03. The SMILES string of the molecule is CCC(C)c1cc(C(=O)N2CCC(CN)C2)on1. The normalized spacial score (nSPS) is 21.3. The van der Waals surface area contributed by atoms with Gasteiger partial charge in [0.15, 0.2) is 0 Å². The van der Waals surface area contributed by atoms with Crippen molar-refractivity contribution in [3.05, 3.63) is 17.5 Å². The zero-order valence-electron chi connectivity index (χ0n) is 11.1. The molecule has 0 spiro atoms. The molecule has 1 saturated heterocycles. The van der Waals surface area contributed by atoms with Crippen molar-refractivity contribution in [3.63, 3.8) is 0 Å². The van der Waals surface area contributed by atoms with Crippen molar-refractivity contribution >= 4 is 5.91 Å². The Hall–Kier alpha value is -1.36. The van der Waals surface area contributed by atoms with Crippen LogP contribution in [0.2, 0.25) is 0 Å². The lowest BCUT2D eigenvalue weighted by atomic mass is 10.1. The van der Waals surface area contributed by atoms with Gasteiger partial charge in [0, 0.05) is 25.1 Å². The number of nitrogens with two attached hydrogens (primary N) is 1. The van der Waals surface area contributed by atoms with Gasteiger partial charge < -0.3 is 15.2 Å². The second kappa shape index (κ2) is 5.52. The number of carbonyl (C=O) groups is 1. The zero-order chi connectivity index (χ0) is 13.1. The van der Waals surface area contributed by atoms with Crippen LogP contribution in [0.25, 0.3) is 0 Å². The van der Waals surface area contributed by atoms with E-state index in [-0.39, 0.29) is 5.91 Å². The Bertz CT molecular complexity index is 416. The fraction of sp³-hybridized carbons (Fsp3) is 0.692. The molecule has 1 aromatic rings. The van der Waals surface area contributed by atoms with Gasteiger partial charge in [0.05, 0.1) is 5.69 Å². The maximum atomic E-state index is 12.2. The van der Waals surface area contributed by atoms with Crippen LogP contribution in [0.3, 0.4) is 0 Å². The highest BCUT2D eigenvalue weighted by Crippen LogP contribution is 2.21. The summed E-state index contributed by atoms with van der Waals surface area (Å²) < 4.78 is 5.16. The molecule has 1 aliphatic rings. The van der Waals surface area contributed by atoms with Crippen molar-refractivity contribution in [2.75, 3.05) is 19.6 Å². The third-order valence-electron chi connectivity index (χ3n) is 3.76. The molecule has 0 radical (unpaired) electrons. The van der Waals surface area contributed by atoms with Gasteiger partial charge in [-0.15, -0.1) is 0 Å². The summed E-state index contributed by atoms with van der Waals surface area (Å²) in [7, 11) is 0. The predicted octanol–water partition coefficient (Wildman–Crippen LogP) is 1.61. The van der Waals surface area contributed by atoms with Crippen molar-refractivity contribution in [3.8, 4) is 0 Å². The standard InChI is InChI=1S/C13H21N3O2/c1-3-9(2)11-6-12(18-15-11)13(17)16-5-4-10(7-14)8-16/h6,9-10H,3-5,7-8,14H2,1-2H3. The molecular weight excluding hydrogens is 230 g/mol. The number of carbonyl (C=O) groups excluding carboxylic acids is 1. The Morgan fingerprint density at radius 3 is 3.11 bits per heavy atom. The molecule has 2 atom stereocenters. The van der Waals surface area contributed by atoms with Gasteiger partial charge in [-0.1, -0.05) is 19.0 Å². The van der Waals surface area contributed by atoms with Gasteiger partial charge in [-0.3, -0.25) is 4.79 Å². The summed E-state index contributed by atoms with van der Waals surface area (Å²) in [6.45, 7) is 6.30. The van der Waals surface area contributed by atoms with Gasteiger partial charge in [-0.2, -0.15) is 0 Å². The van der Waals surface area contributed by atoms with E-state index in [1.54, 1.807) is 11.0 Å². The van der Waals surface area contributed by atoms with Crippen LogP contribution in [0.5, 0.6) is 0 Å². The van der Waals surface area contributed by atoms with E-state index in [0.29, 0.717) is 24.1 Å². The van der Waals surface area contributed by atoms with Crippen LogP contribution in [0.1, 0.15) is 48.9 Å². The van der Waals surface area contributed by atoms with Crippen LogP contribution in [0, 0.1) is 5.92 Å². The largest absolute Gasteiger partial charge is 0.351 e. The van der Waals surface area contributed by atoms with E-state index in [4.69, 9.17) is 10.3 Å². The van der Waals surface area contributed by atoms with E-state index in [0.717, 1.165) is 31.6 Å². The highest BCUT2D eigenvalue weighted by atomic mass is 16.5. The Balaban J connectivity index is 2.03. The van der Waals surface area contributed by atoms with Crippen LogP contribution in [0.4, 0.5) is 0 Å². The molecule has 2 unspecified atom stereocenters. The molecule has 18 heavy (non-hydrogen) atoms. The van der Waals surface area contributed by atoms with E-state index in [9.17, 15) is 4.79 Å². The fourth-order valence-corrected chi connectivity index (χ4v) is 2.20. The lowest BCUT2D eigenvalue weighted by Gasteiger charge is -2.13. The minimum Gasteiger partial charge on any atom is -0.351 e. The molecule has 100 valence electrons. The zero-order valence-corrected chi connectivity index (χ0v) is 11.1. The van der Waals surface area contributed by atoms with E-state index in [1.807, 2.05) is 0 Å². The third-order valence-corrected chi connectivity index (χ3v) is 3.76. The van der Waals surface area contributed by atoms with E-state index in [2.05, 4.69) is 19.0 Å². The predicted molar refractivity (Wildman–Crippen MR) is 68.3 cm³/mol. The first kappa shape index (κ1) is 13.1. The number of hydrogen-bond donors (Lipinski definition) is 1. The number of aromatic nitrogens is 1. The van der Waals surface area contributed by atoms with Crippen LogP contribution in [0.15, 0.2) is 10.6 Å². The first-order chi connectivity index (χ1) is 8.65. The molecule has 1 fully saturated rings. The highest BCUT2D eigenvalue weighted by Gasteiger charge is 2.28. The molecule has 1 aromatic heterocycles. The maximum Gasteiger partial charge on any atom is 0.292 e. The maximum absolute atomic E-state index is 12.2. The van der Waals surface area contributed by atoms with Gasteiger partial charge in [0.1, 0.15) is 0 Å². The summed E-state index contributed by atoms with van der Waals surface area (Å²) >= 11 is 0. The van der Waals surface area contributed by atoms with Crippen molar-refractivity contribution in [2.24, 2.45) is 11.7 Å². The van der Waals surface area contributed by atoms with E-state index >= 15 is 0 Å². The molecule has 1 aliphatic heterocycles. The van der Waals surface area contributed by atoms with Gasteiger partial charge in [0.2, 0.25) is 5.76 Å². The summed E-state index contributed by atoms with van der Waals surface area (Å²) in [4.78, 5) is 14.0. The molecular formula is C13H21N3O2. The summed E-state index contributed by atoms with van der Waals surface area (Å²) in [5.41, 5.74) is 6.48. The topological polar surface area (TPSA) is 72.4 Å². The molecule has 0 bridgehead atoms. The van der Waals surface area contributed by atoms with Crippen LogP contribution < -0.4 is 5.73 Å². The van der Waals surface area contributed by atoms with Crippen LogP contribution in [-0.4, -0.2) is 35.6 Å². The molecule has 0 saturated carbocycles. The molecule has 5 nitrogen and oxygen atoms in total. The second-order valence-corrected chi connectivity index (χ2v) is 5.07. The van der Waals surface area contributed by atoms with Crippen molar-refractivity contribution in [1.82, 2.24) is 10.1 Å². The lowest BCUT2D eigenvalue weighted by molar-refractivity contribution is 0.0746. The minimum atomic E-state index is -0.0620. The number of likely N-dealkylation sites (tertiary alicyclic amines) is 1. The summed E-state index contributed by atoms with van der Waals surface area (Å²) in [5, 5.41) is 3.97. The Morgan fingerprint density at radius 2 is 2.50 bits per heavy atom. The summed E-state index contributed by atoms with van der Waals surface area (Å²) in [6, 6.07) is 1.77. The fourth-order valence-electron chi connectivity index (χ4n) is 2.20. The number of nitrogens with zero attached hydrogens (tertiary/aromatic N) is 2. The van der Waals surface area contributed by atoms with Crippen molar-refractivity contribution in [2.45, 2.75) is 32.6 Å². The Kier molecular flexibility index (Phi) is 4.01. The van der Waals surface area contributed by atoms with Crippen molar-refractivity contribution in [1.29, 1.82) is 0 Å². The summed E-state index contributed by atoms with van der Waals surface area (Å²) in [6.07, 6.45) is 1.97. The first-order valence-electron chi connectivity index (χ1n) is 6.61. The van der Waals surface area contributed by atoms with Gasteiger partial charge in [0.25, 0.3) is 5.91 Å². The molecule has 0 aromatic carbocycles. The van der Waals surface area contributed by atoms with Crippen LogP contribution in [-0.2, 0) is 0 Å².